The second-order valence-electron chi connectivity index (χ2n) is 13.8. The SMILES string of the molecule is CNC(=O)COc1cc2cc(Nc3nc(N4CCC(C(=O)Nc5ccc6c(C7(C)CCC(=O)NC7=O)nn(C)c6c5)CC4)ncc3Cl)ccc2n(C)c1=O. The standard InChI is InChI=1S/C37H39ClN10O6/c1-37(12-9-29(49)43-35(37)53)31-24-7-5-23(17-27(24)47(4)45-31)42-33(51)20-10-13-48(14-11-20)36-40-18-25(38)32(44-36)41-22-6-8-26-21(15-22)16-28(34(52)46(26)3)54-19-30(50)39-2/h5-8,15-18,20H,9-14,19H2,1-4H3,(H,39,50)(H,42,51)(H,40,41,44)(H,43,49,53). The number of rotatable bonds is 9. The highest BCUT2D eigenvalue weighted by Crippen LogP contribution is 2.37. The summed E-state index contributed by atoms with van der Waals surface area (Å²) in [5.74, 6) is -0.414. The summed E-state index contributed by atoms with van der Waals surface area (Å²) in [5, 5.41) is 17.7. The molecule has 0 saturated carbocycles. The fraction of sp³-hybridized carbons (Fsp3) is 0.351. The van der Waals surface area contributed by atoms with Gasteiger partial charge in [-0.2, -0.15) is 10.1 Å². The quantitative estimate of drug-likeness (QED) is 0.161. The number of imide groups is 1. The monoisotopic (exact) mass is 754 g/mol. The van der Waals surface area contributed by atoms with Crippen LogP contribution in [0.25, 0.3) is 21.8 Å². The van der Waals surface area contributed by atoms with Crippen LogP contribution in [0.15, 0.2) is 53.5 Å². The van der Waals surface area contributed by atoms with Crippen LogP contribution >= 0.6 is 11.6 Å². The fourth-order valence-corrected chi connectivity index (χ4v) is 7.08. The number of fused-ring (bicyclic) bond motifs is 2. The molecule has 7 rings (SSSR count). The highest BCUT2D eigenvalue weighted by Gasteiger charge is 2.43. The van der Waals surface area contributed by atoms with Crippen LogP contribution in [0.3, 0.4) is 0 Å². The van der Waals surface area contributed by atoms with E-state index in [1.54, 1.807) is 43.9 Å². The van der Waals surface area contributed by atoms with E-state index in [1.807, 2.05) is 29.2 Å². The lowest BCUT2D eigenvalue weighted by Gasteiger charge is -2.31. The molecule has 54 heavy (non-hydrogen) atoms. The van der Waals surface area contributed by atoms with Crippen molar-refractivity contribution in [3.8, 4) is 5.75 Å². The van der Waals surface area contributed by atoms with Crippen LogP contribution < -0.4 is 36.5 Å². The first-order chi connectivity index (χ1) is 25.8. The van der Waals surface area contributed by atoms with Crippen molar-refractivity contribution in [3.63, 3.8) is 0 Å². The van der Waals surface area contributed by atoms with Gasteiger partial charge in [-0.15, -0.1) is 0 Å². The van der Waals surface area contributed by atoms with E-state index < -0.39 is 5.41 Å². The van der Waals surface area contributed by atoms with E-state index in [1.165, 1.54) is 17.8 Å². The zero-order valence-electron chi connectivity index (χ0n) is 30.2. The number of hydrogen-bond acceptors (Lipinski definition) is 11. The fourth-order valence-electron chi connectivity index (χ4n) is 6.94. The number of anilines is 4. The summed E-state index contributed by atoms with van der Waals surface area (Å²) >= 11 is 6.51. The van der Waals surface area contributed by atoms with Crippen LogP contribution in [0.4, 0.5) is 23.1 Å². The molecule has 1 atom stereocenters. The predicted octanol–water partition coefficient (Wildman–Crippen LogP) is 3.29. The van der Waals surface area contributed by atoms with Gasteiger partial charge in [-0.25, -0.2) is 4.98 Å². The number of halogens is 1. The Kier molecular flexibility index (Phi) is 9.70. The summed E-state index contributed by atoms with van der Waals surface area (Å²) in [6.45, 7) is 2.62. The van der Waals surface area contributed by atoms with E-state index in [2.05, 4.69) is 31.3 Å². The topological polar surface area (TPSA) is 194 Å². The zero-order valence-corrected chi connectivity index (χ0v) is 30.9. The van der Waals surface area contributed by atoms with Crippen LogP contribution in [0.1, 0.15) is 38.3 Å². The minimum Gasteiger partial charge on any atom is -0.478 e. The molecule has 2 aromatic carbocycles. The molecule has 0 spiro atoms. The predicted molar refractivity (Wildman–Crippen MR) is 203 cm³/mol. The van der Waals surface area contributed by atoms with Crippen molar-refractivity contribution < 1.29 is 23.9 Å². The Bertz CT molecular complexity index is 2400. The molecule has 2 aliphatic heterocycles. The lowest BCUT2D eigenvalue weighted by atomic mass is 9.77. The van der Waals surface area contributed by atoms with Gasteiger partial charge in [-0.05, 0) is 68.7 Å². The van der Waals surface area contributed by atoms with Crippen molar-refractivity contribution in [1.82, 2.24) is 34.9 Å². The Morgan fingerprint density at radius 1 is 1.04 bits per heavy atom. The minimum absolute atomic E-state index is 0.0507. The van der Waals surface area contributed by atoms with Gasteiger partial charge in [0.05, 0.1) is 28.3 Å². The number of carbonyl (C=O) groups is 4. The van der Waals surface area contributed by atoms with Gasteiger partial charge < -0.3 is 30.2 Å². The number of amides is 4. The first-order valence-electron chi connectivity index (χ1n) is 17.5. The highest BCUT2D eigenvalue weighted by atomic mass is 35.5. The average molecular weight is 755 g/mol. The Morgan fingerprint density at radius 3 is 2.54 bits per heavy atom. The number of pyridine rings is 1. The zero-order chi connectivity index (χ0) is 38.3. The maximum Gasteiger partial charge on any atom is 0.293 e. The molecule has 4 N–H and O–H groups in total. The molecule has 3 aromatic heterocycles. The van der Waals surface area contributed by atoms with Crippen LogP contribution in [0, 0.1) is 5.92 Å². The summed E-state index contributed by atoms with van der Waals surface area (Å²) in [5.41, 5.74) is 2.02. The number of carbonyl (C=O) groups excluding carboxylic acids is 4. The van der Waals surface area contributed by atoms with Gasteiger partial charge in [0, 0.05) is 68.7 Å². The summed E-state index contributed by atoms with van der Waals surface area (Å²) in [4.78, 5) is 73.6. The van der Waals surface area contributed by atoms with E-state index in [-0.39, 0.29) is 53.9 Å². The molecule has 5 aromatic rings. The van der Waals surface area contributed by atoms with Crippen molar-refractivity contribution in [3.05, 3.63) is 69.7 Å². The molecular formula is C37H39ClN10O6. The minimum atomic E-state index is -0.939. The van der Waals surface area contributed by atoms with Crippen molar-refractivity contribution >= 4 is 80.2 Å². The normalized spacial score (nSPS) is 17.8. The second-order valence-corrected chi connectivity index (χ2v) is 14.2. The van der Waals surface area contributed by atoms with Gasteiger partial charge in [0.25, 0.3) is 11.5 Å². The molecule has 0 aliphatic carbocycles. The van der Waals surface area contributed by atoms with Gasteiger partial charge in [0.2, 0.25) is 23.7 Å². The van der Waals surface area contributed by atoms with Crippen LogP contribution in [0.5, 0.6) is 5.75 Å². The van der Waals surface area contributed by atoms with E-state index in [4.69, 9.17) is 21.3 Å². The Balaban J connectivity index is 1.00. The third-order valence-corrected chi connectivity index (χ3v) is 10.5. The van der Waals surface area contributed by atoms with E-state index in [0.717, 1.165) is 10.9 Å². The van der Waals surface area contributed by atoms with Gasteiger partial charge in [-0.3, -0.25) is 34.0 Å². The Morgan fingerprint density at radius 2 is 1.80 bits per heavy atom. The van der Waals surface area contributed by atoms with Gasteiger partial charge in [0.15, 0.2) is 18.2 Å². The summed E-state index contributed by atoms with van der Waals surface area (Å²) in [7, 11) is 4.91. The lowest BCUT2D eigenvalue weighted by molar-refractivity contribution is -0.137. The Hall–Kier alpha value is -6.03. The molecule has 0 bridgehead atoms. The summed E-state index contributed by atoms with van der Waals surface area (Å²) < 4.78 is 8.62. The summed E-state index contributed by atoms with van der Waals surface area (Å²) in [6.07, 6.45) is 3.31. The van der Waals surface area contributed by atoms with Crippen LogP contribution in [-0.2, 0) is 38.7 Å². The number of aryl methyl sites for hydroxylation is 2. The number of nitrogens with zero attached hydrogens (tertiary/aromatic N) is 6. The van der Waals surface area contributed by atoms with Gasteiger partial charge in [0.1, 0.15) is 5.02 Å². The molecule has 2 fully saturated rings. The molecule has 16 nitrogen and oxygen atoms in total. The van der Waals surface area contributed by atoms with Crippen molar-refractivity contribution in [2.45, 2.75) is 38.0 Å². The number of likely N-dealkylation sites (N-methyl/N-ethyl adjacent to an activating group) is 1. The van der Waals surface area contributed by atoms with Gasteiger partial charge >= 0.3 is 0 Å². The maximum atomic E-state index is 13.4. The summed E-state index contributed by atoms with van der Waals surface area (Å²) in [6, 6.07) is 12.5. The molecule has 17 heteroatoms. The number of aromatic nitrogens is 5. The average Bonchev–Trinajstić information content (AvgIpc) is 3.50. The van der Waals surface area contributed by atoms with Crippen LogP contribution in [-0.4, -0.2) is 74.7 Å². The molecule has 0 radical (unpaired) electrons. The number of piperidine rings is 2. The molecule has 2 saturated heterocycles. The number of ether oxygens (including phenoxy) is 1. The molecule has 5 heterocycles. The maximum absolute atomic E-state index is 13.4. The molecule has 2 aliphatic rings. The van der Waals surface area contributed by atoms with E-state index in [9.17, 15) is 24.0 Å². The largest absolute Gasteiger partial charge is 0.478 e. The number of benzene rings is 2. The molecule has 1 unspecified atom stereocenters. The first kappa shape index (κ1) is 36.3. The molecular weight excluding hydrogens is 716 g/mol. The third kappa shape index (κ3) is 6.91. The smallest absolute Gasteiger partial charge is 0.293 e. The molecule has 280 valence electrons. The highest BCUT2D eigenvalue weighted by molar-refractivity contribution is 6.33. The van der Waals surface area contributed by atoms with E-state index in [0.29, 0.717) is 77.1 Å². The number of nitrogens with one attached hydrogen (secondary N) is 4. The van der Waals surface area contributed by atoms with Crippen molar-refractivity contribution in [1.29, 1.82) is 0 Å². The third-order valence-electron chi connectivity index (χ3n) is 10.2. The lowest BCUT2D eigenvalue weighted by Crippen LogP contribution is -2.50. The van der Waals surface area contributed by atoms with Crippen molar-refractivity contribution in [2.24, 2.45) is 20.0 Å². The van der Waals surface area contributed by atoms with Crippen molar-refractivity contribution in [2.75, 3.05) is 42.3 Å². The molecule has 4 amide bonds. The second kappa shape index (κ2) is 14.4. The number of hydrogen-bond donors (Lipinski definition) is 4. The first-order valence-corrected chi connectivity index (χ1v) is 17.9. The van der Waals surface area contributed by atoms with Crippen LogP contribution in [0.2, 0.25) is 5.02 Å². The van der Waals surface area contributed by atoms with Gasteiger partial charge in [-0.1, -0.05) is 11.6 Å². The van der Waals surface area contributed by atoms with E-state index >= 15 is 0 Å². The Labute approximate surface area is 314 Å².